The van der Waals surface area contributed by atoms with Crippen LogP contribution in [0.3, 0.4) is 0 Å². The van der Waals surface area contributed by atoms with Crippen LogP contribution in [-0.4, -0.2) is 33.1 Å². The smallest absolute Gasteiger partial charge is 0.376 e. The van der Waals surface area contributed by atoms with Crippen LogP contribution >= 0.6 is 0 Å². The van der Waals surface area contributed by atoms with E-state index in [9.17, 15) is 9.59 Å². The van der Waals surface area contributed by atoms with Gasteiger partial charge in [-0.2, -0.15) is 5.26 Å². The van der Waals surface area contributed by atoms with Crippen LogP contribution in [0.5, 0.6) is 11.5 Å². The summed E-state index contributed by atoms with van der Waals surface area (Å²) in [5.74, 6) is -2.36. The lowest BCUT2D eigenvalue weighted by molar-refractivity contribution is -0.151. The van der Waals surface area contributed by atoms with Crippen molar-refractivity contribution in [2.75, 3.05) is 21.3 Å². The van der Waals surface area contributed by atoms with Crippen LogP contribution in [-0.2, 0) is 14.3 Å². The van der Waals surface area contributed by atoms with Crippen molar-refractivity contribution in [3.63, 3.8) is 0 Å². The molecule has 0 amide bonds. The molecule has 1 aromatic rings. The first kappa shape index (κ1) is 14.5. The third-order valence-electron chi connectivity index (χ3n) is 2.52. The van der Waals surface area contributed by atoms with E-state index < -0.39 is 17.7 Å². The van der Waals surface area contributed by atoms with Gasteiger partial charge in [-0.3, -0.25) is 4.79 Å². The Labute approximate surface area is 110 Å². The van der Waals surface area contributed by atoms with Gasteiger partial charge in [0.1, 0.15) is 5.92 Å². The van der Waals surface area contributed by atoms with Crippen molar-refractivity contribution < 1.29 is 23.8 Å². The highest BCUT2D eigenvalue weighted by atomic mass is 16.5. The Morgan fingerprint density at radius 2 is 1.79 bits per heavy atom. The molecule has 0 aliphatic heterocycles. The summed E-state index contributed by atoms with van der Waals surface area (Å²) in [6.07, 6.45) is 0. The zero-order valence-electron chi connectivity index (χ0n) is 10.8. The summed E-state index contributed by atoms with van der Waals surface area (Å²) in [6.45, 7) is 0. The Morgan fingerprint density at radius 3 is 2.26 bits per heavy atom. The molecule has 6 nitrogen and oxygen atoms in total. The molecule has 0 aromatic heterocycles. The molecule has 0 aliphatic rings. The molecule has 0 radical (unpaired) electrons. The number of hydrogen-bond donors (Lipinski definition) is 0. The van der Waals surface area contributed by atoms with Crippen molar-refractivity contribution in [2.24, 2.45) is 0 Å². The summed E-state index contributed by atoms with van der Waals surface area (Å²) in [5.41, 5.74) is 0.343. The van der Waals surface area contributed by atoms with Crippen molar-refractivity contribution in [1.82, 2.24) is 0 Å². The zero-order valence-corrected chi connectivity index (χ0v) is 10.8. The summed E-state index contributed by atoms with van der Waals surface area (Å²) >= 11 is 0. The summed E-state index contributed by atoms with van der Waals surface area (Å²) in [5, 5.41) is 9.03. The van der Waals surface area contributed by atoms with E-state index in [1.54, 1.807) is 12.1 Å². The van der Waals surface area contributed by atoms with Crippen molar-refractivity contribution >= 4 is 11.8 Å². The van der Waals surface area contributed by atoms with Crippen LogP contribution in [0.25, 0.3) is 0 Å². The Kier molecular flexibility index (Phi) is 4.89. The van der Waals surface area contributed by atoms with Crippen LogP contribution in [0.1, 0.15) is 11.5 Å². The Hall–Kier alpha value is -2.55. The summed E-state index contributed by atoms with van der Waals surface area (Å²) < 4.78 is 14.4. The number of esters is 1. The van der Waals surface area contributed by atoms with Gasteiger partial charge in [0.15, 0.2) is 11.5 Å². The maximum atomic E-state index is 11.7. The first-order valence-electron chi connectivity index (χ1n) is 5.32. The van der Waals surface area contributed by atoms with Gasteiger partial charge in [0.2, 0.25) is 0 Å². The molecule has 0 spiro atoms. The molecule has 0 saturated heterocycles. The maximum Gasteiger partial charge on any atom is 0.376 e. The van der Waals surface area contributed by atoms with Gasteiger partial charge in [0.25, 0.3) is 5.78 Å². The third kappa shape index (κ3) is 3.01. The zero-order chi connectivity index (χ0) is 14.4. The van der Waals surface area contributed by atoms with E-state index in [-0.39, 0.29) is 0 Å². The van der Waals surface area contributed by atoms with Gasteiger partial charge in [-0.25, -0.2) is 4.79 Å². The van der Waals surface area contributed by atoms with E-state index in [1.165, 1.54) is 26.4 Å². The predicted molar refractivity (Wildman–Crippen MR) is 64.9 cm³/mol. The molecule has 6 heteroatoms. The van der Waals surface area contributed by atoms with Gasteiger partial charge in [0.05, 0.1) is 27.4 Å². The van der Waals surface area contributed by atoms with Crippen LogP contribution in [0.15, 0.2) is 18.2 Å². The second-order valence-corrected chi connectivity index (χ2v) is 3.53. The number of methoxy groups -OCH3 is 3. The quantitative estimate of drug-likeness (QED) is 0.583. The van der Waals surface area contributed by atoms with Crippen LogP contribution in [0, 0.1) is 11.3 Å². The lowest BCUT2D eigenvalue weighted by atomic mass is 9.95. The molecular formula is C13H13NO5. The molecule has 100 valence electrons. The number of ether oxygens (including phenoxy) is 3. The topological polar surface area (TPSA) is 85.6 Å². The van der Waals surface area contributed by atoms with E-state index in [2.05, 4.69) is 4.74 Å². The summed E-state index contributed by atoms with van der Waals surface area (Å²) in [7, 11) is 3.99. The number of rotatable bonds is 5. The van der Waals surface area contributed by atoms with Gasteiger partial charge in [-0.15, -0.1) is 0 Å². The molecule has 1 atom stereocenters. The van der Waals surface area contributed by atoms with Crippen LogP contribution < -0.4 is 9.47 Å². The second-order valence-electron chi connectivity index (χ2n) is 3.53. The van der Waals surface area contributed by atoms with Gasteiger partial charge in [-0.05, 0) is 17.7 Å². The van der Waals surface area contributed by atoms with Crippen molar-refractivity contribution in [2.45, 2.75) is 5.92 Å². The van der Waals surface area contributed by atoms with Crippen molar-refractivity contribution in [3.8, 4) is 17.6 Å². The monoisotopic (exact) mass is 263 g/mol. The Morgan fingerprint density at radius 1 is 1.16 bits per heavy atom. The number of carbonyl (C=O) groups excluding carboxylic acids is 2. The molecule has 19 heavy (non-hydrogen) atoms. The lowest BCUT2D eigenvalue weighted by Gasteiger charge is -2.11. The van der Waals surface area contributed by atoms with Gasteiger partial charge < -0.3 is 14.2 Å². The summed E-state index contributed by atoms with van der Waals surface area (Å²) in [6, 6.07) is 6.34. The highest BCUT2D eigenvalue weighted by molar-refractivity contribution is 6.36. The first-order valence-corrected chi connectivity index (χ1v) is 5.32. The SMILES string of the molecule is COC(=O)C(=O)C(C#N)c1ccc(OC)c(OC)c1. The number of ketones is 1. The number of nitrogens with zero attached hydrogens (tertiary/aromatic N) is 1. The number of nitriles is 1. The lowest BCUT2D eigenvalue weighted by Crippen LogP contribution is -2.22. The van der Waals surface area contributed by atoms with E-state index in [0.29, 0.717) is 17.1 Å². The van der Waals surface area contributed by atoms with Crippen LogP contribution in [0.2, 0.25) is 0 Å². The molecule has 0 heterocycles. The molecule has 1 aromatic carbocycles. The average Bonchev–Trinajstić information content (AvgIpc) is 2.46. The van der Waals surface area contributed by atoms with Crippen molar-refractivity contribution in [1.29, 1.82) is 5.26 Å². The molecule has 0 fully saturated rings. The van der Waals surface area contributed by atoms with Gasteiger partial charge in [-0.1, -0.05) is 6.07 Å². The number of hydrogen-bond acceptors (Lipinski definition) is 6. The highest BCUT2D eigenvalue weighted by Gasteiger charge is 2.28. The third-order valence-corrected chi connectivity index (χ3v) is 2.52. The molecule has 0 saturated carbocycles. The number of carbonyl (C=O) groups is 2. The number of benzene rings is 1. The molecule has 0 N–H and O–H groups in total. The first-order chi connectivity index (χ1) is 9.08. The minimum atomic E-state index is -1.23. The Bertz CT molecular complexity index is 532. The van der Waals surface area contributed by atoms with Crippen molar-refractivity contribution in [3.05, 3.63) is 23.8 Å². The minimum absolute atomic E-state index is 0.343. The average molecular weight is 263 g/mol. The highest BCUT2D eigenvalue weighted by Crippen LogP contribution is 2.30. The molecular weight excluding hydrogens is 250 g/mol. The molecule has 0 aliphatic carbocycles. The van der Waals surface area contributed by atoms with Crippen LogP contribution in [0.4, 0.5) is 0 Å². The molecule has 1 rings (SSSR count). The second kappa shape index (κ2) is 6.40. The maximum absolute atomic E-state index is 11.7. The fourth-order valence-electron chi connectivity index (χ4n) is 1.54. The van der Waals surface area contributed by atoms with Gasteiger partial charge in [0, 0.05) is 0 Å². The van der Waals surface area contributed by atoms with E-state index in [0.717, 1.165) is 7.11 Å². The van der Waals surface area contributed by atoms with E-state index in [4.69, 9.17) is 14.7 Å². The normalized spacial score (nSPS) is 11.1. The number of Topliss-reactive ketones (excluding diaryl/α,β-unsaturated/α-hetero) is 1. The molecule has 1 unspecified atom stereocenters. The Balaban J connectivity index is 3.17. The van der Waals surface area contributed by atoms with E-state index in [1.807, 2.05) is 0 Å². The summed E-state index contributed by atoms with van der Waals surface area (Å²) in [4.78, 5) is 22.9. The van der Waals surface area contributed by atoms with Gasteiger partial charge >= 0.3 is 5.97 Å². The standard InChI is InChI=1S/C13H13NO5/c1-17-10-5-4-8(6-11(10)18-2)9(7-14)12(15)13(16)19-3/h4-6,9H,1-3H3. The van der Waals surface area contributed by atoms with E-state index >= 15 is 0 Å². The fourth-order valence-corrected chi connectivity index (χ4v) is 1.54. The largest absolute Gasteiger partial charge is 0.493 e. The fraction of sp³-hybridized carbons (Fsp3) is 0.308. The minimum Gasteiger partial charge on any atom is -0.493 e. The predicted octanol–water partition coefficient (Wildman–Crippen LogP) is 1.05. The molecule has 0 bridgehead atoms.